The molecule has 0 bridgehead atoms. The van der Waals surface area contributed by atoms with Crippen LogP contribution >= 0.6 is 11.6 Å². The van der Waals surface area contributed by atoms with Crippen LogP contribution in [-0.2, 0) is 6.42 Å². The number of hydrogen-bond acceptors (Lipinski definition) is 0. The SMILES string of the molecule is CCCCCc1ccc(C2=CCC(CCC3CCC(C4CCC(CCC)CC4)CC3)CC2)c(Cl)c1F. The molecule has 0 spiro atoms. The molecule has 1 unspecified atom stereocenters. The first-order valence-corrected chi connectivity index (χ1v) is 16.1. The van der Waals surface area contributed by atoms with Crippen molar-refractivity contribution >= 4 is 17.2 Å². The summed E-state index contributed by atoms with van der Waals surface area (Å²) < 4.78 is 14.9. The molecule has 2 fully saturated rings. The summed E-state index contributed by atoms with van der Waals surface area (Å²) in [6, 6.07) is 4.06. The van der Waals surface area contributed by atoms with E-state index >= 15 is 0 Å². The molecule has 36 heavy (non-hydrogen) atoms. The third-order valence-electron chi connectivity index (χ3n) is 10.2. The fraction of sp³-hybridized carbons (Fsp3) is 0.765. The lowest BCUT2D eigenvalue weighted by molar-refractivity contribution is 0.138. The van der Waals surface area contributed by atoms with Crippen LogP contribution in [0.25, 0.3) is 5.57 Å². The molecular formula is C34H52ClF. The zero-order chi connectivity index (χ0) is 25.3. The summed E-state index contributed by atoms with van der Waals surface area (Å²) in [5, 5.41) is 0.351. The monoisotopic (exact) mass is 514 g/mol. The van der Waals surface area contributed by atoms with Crippen molar-refractivity contribution in [1.82, 2.24) is 0 Å². The molecule has 4 rings (SSSR count). The fourth-order valence-corrected chi connectivity index (χ4v) is 8.07. The minimum absolute atomic E-state index is 0.183. The summed E-state index contributed by atoms with van der Waals surface area (Å²) in [5.41, 5.74) is 2.99. The normalized spacial score (nSPS) is 29.2. The first-order chi connectivity index (χ1) is 17.6. The van der Waals surface area contributed by atoms with Gasteiger partial charge in [0.25, 0.3) is 0 Å². The molecule has 0 heterocycles. The number of hydrogen-bond donors (Lipinski definition) is 0. The van der Waals surface area contributed by atoms with E-state index in [4.69, 9.17) is 11.6 Å². The Hall–Kier alpha value is -0.820. The molecule has 0 aromatic heterocycles. The lowest BCUT2D eigenvalue weighted by atomic mass is 9.68. The molecule has 0 N–H and O–H groups in total. The number of halogens is 2. The number of rotatable bonds is 11. The number of aryl methyl sites for hydroxylation is 1. The molecule has 2 heteroatoms. The van der Waals surface area contributed by atoms with Crippen molar-refractivity contribution in [3.63, 3.8) is 0 Å². The summed E-state index contributed by atoms with van der Waals surface area (Å²) in [6.45, 7) is 4.53. The lowest BCUT2D eigenvalue weighted by Crippen LogP contribution is -2.26. The quantitative estimate of drug-likeness (QED) is 0.257. The van der Waals surface area contributed by atoms with Crippen molar-refractivity contribution in [2.24, 2.45) is 29.6 Å². The van der Waals surface area contributed by atoms with Gasteiger partial charge in [0, 0.05) is 0 Å². The van der Waals surface area contributed by atoms with Crippen LogP contribution in [0.5, 0.6) is 0 Å². The Balaban J connectivity index is 1.18. The van der Waals surface area contributed by atoms with E-state index in [9.17, 15) is 4.39 Å². The van der Waals surface area contributed by atoms with Gasteiger partial charge in [0.2, 0.25) is 0 Å². The van der Waals surface area contributed by atoms with Crippen LogP contribution < -0.4 is 0 Å². The van der Waals surface area contributed by atoms with E-state index in [0.717, 1.165) is 79.2 Å². The lowest BCUT2D eigenvalue weighted by Gasteiger charge is -2.38. The molecule has 0 amide bonds. The predicted molar refractivity (Wildman–Crippen MR) is 155 cm³/mol. The first kappa shape index (κ1) is 28.2. The van der Waals surface area contributed by atoms with Crippen LogP contribution in [0.4, 0.5) is 4.39 Å². The second-order valence-electron chi connectivity index (χ2n) is 12.7. The van der Waals surface area contributed by atoms with Crippen molar-refractivity contribution in [2.75, 3.05) is 0 Å². The van der Waals surface area contributed by atoms with Crippen LogP contribution in [0, 0.1) is 35.4 Å². The molecule has 1 atom stereocenters. The number of unbranched alkanes of at least 4 members (excludes halogenated alkanes) is 2. The number of benzene rings is 1. The Morgan fingerprint density at radius 2 is 1.39 bits per heavy atom. The van der Waals surface area contributed by atoms with E-state index in [2.05, 4.69) is 26.0 Å². The van der Waals surface area contributed by atoms with E-state index in [1.807, 2.05) is 6.07 Å². The van der Waals surface area contributed by atoms with Gasteiger partial charge in [-0.25, -0.2) is 4.39 Å². The van der Waals surface area contributed by atoms with Crippen LogP contribution in [0.1, 0.15) is 141 Å². The largest absolute Gasteiger partial charge is 0.205 e. The van der Waals surface area contributed by atoms with Crippen molar-refractivity contribution in [1.29, 1.82) is 0 Å². The Morgan fingerprint density at radius 3 is 1.97 bits per heavy atom. The standard InChI is InChI=1S/C34H52ClF/c1-3-5-6-8-31-23-24-32(33(35)34(31)36)30-21-15-27(16-22-30)10-9-26-13-19-29(20-14-26)28-17-11-25(7-4-2)12-18-28/h21,23-29H,3-20,22H2,1-2H3. The second-order valence-corrected chi connectivity index (χ2v) is 13.0. The van der Waals surface area contributed by atoms with Crippen molar-refractivity contribution in [2.45, 2.75) is 136 Å². The molecule has 1 aromatic carbocycles. The molecule has 2 saturated carbocycles. The first-order valence-electron chi connectivity index (χ1n) is 15.7. The summed E-state index contributed by atoms with van der Waals surface area (Å²) >= 11 is 6.52. The van der Waals surface area contributed by atoms with Gasteiger partial charge in [0.15, 0.2) is 0 Å². The zero-order valence-corrected chi connectivity index (χ0v) is 24.1. The van der Waals surface area contributed by atoms with Gasteiger partial charge in [-0.2, -0.15) is 0 Å². The van der Waals surface area contributed by atoms with Crippen LogP contribution in [0.15, 0.2) is 18.2 Å². The Kier molecular flexibility index (Phi) is 11.3. The van der Waals surface area contributed by atoms with Crippen molar-refractivity contribution < 1.29 is 4.39 Å². The molecule has 1 aromatic rings. The van der Waals surface area contributed by atoms with Gasteiger partial charge >= 0.3 is 0 Å². The van der Waals surface area contributed by atoms with Crippen LogP contribution in [0.3, 0.4) is 0 Å². The Bertz CT molecular complexity index is 826. The average molecular weight is 515 g/mol. The Labute approximate surface area is 226 Å². The minimum Gasteiger partial charge on any atom is -0.205 e. The molecule has 0 radical (unpaired) electrons. The van der Waals surface area contributed by atoms with E-state index in [1.165, 1.54) is 89.0 Å². The third kappa shape index (κ3) is 7.61. The molecule has 0 aliphatic heterocycles. The van der Waals surface area contributed by atoms with Gasteiger partial charge in [-0.1, -0.05) is 101 Å². The summed E-state index contributed by atoms with van der Waals surface area (Å²) in [5.74, 6) is 4.70. The van der Waals surface area contributed by atoms with Gasteiger partial charge in [0.05, 0.1) is 5.02 Å². The summed E-state index contributed by atoms with van der Waals surface area (Å²) in [6.07, 6.45) is 27.6. The highest BCUT2D eigenvalue weighted by Gasteiger charge is 2.31. The molecule has 0 nitrogen and oxygen atoms in total. The van der Waals surface area contributed by atoms with Gasteiger partial charge in [-0.3, -0.25) is 0 Å². The van der Waals surface area contributed by atoms with E-state index < -0.39 is 0 Å². The van der Waals surface area contributed by atoms with Gasteiger partial charge in [0.1, 0.15) is 5.82 Å². The average Bonchev–Trinajstić information content (AvgIpc) is 2.91. The predicted octanol–water partition coefficient (Wildman–Crippen LogP) is 11.6. The molecule has 0 saturated heterocycles. The van der Waals surface area contributed by atoms with Crippen molar-refractivity contribution in [3.05, 3.63) is 40.2 Å². The second kappa shape index (κ2) is 14.4. The van der Waals surface area contributed by atoms with Gasteiger partial charge < -0.3 is 0 Å². The highest BCUT2D eigenvalue weighted by molar-refractivity contribution is 6.32. The minimum atomic E-state index is -0.183. The smallest absolute Gasteiger partial charge is 0.145 e. The Morgan fingerprint density at radius 1 is 0.750 bits per heavy atom. The van der Waals surface area contributed by atoms with Crippen LogP contribution in [-0.4, -0.2) is 0 Å². The van der Waals surface area contributed by atoms with E-state index in [1.54, 1.807) is 0 Å². The zero-order valence-electron chi connectivity index (χ0n) is 23.3. The highest BCUT2D eigenvalue weighted by atomic mass is 35.5. The molecule has 202 valence electrons. The molecule has 3 aliphatic rings. The molecular weight excluding hydrogens is 463 g/mol. The maximum absolute atomic E-state index is 14.9. The summed E-state index contributed by atoms with van der Waals surface area (Å²) in [7, 11) is 0. The van der Waals surface area contributed by atoms with E-state index in [0.29, 0.717) is 5.02 Å². The number of allylic oxidation sites excluding steroid dienone is 2. The maximum Gasteiger partial charge on any atom is 0.145 e. The summed E-state index contributed by atoms with van der Waals surface area (Å²) in [4.78, 5) is 0. The maximum atomic E-state index is 14.9. The topological polar surface area (TPSA) is 0 Å². The fourth-order valence-electron chi connectivity index (χ4n) is 7.77. The van der Waals surface area contributed by atoms with E-state index in [-0.39, 0.29) is 5.82 Å². The van der Waals surface area contributed by atoms with Gasteiger partial charge in [-0.05, 0) is 110 Å². The highest BCUT2D eigenvalue weighted by Crippen LogP contribution is 2.44. The van der Waals surface area contributed by atoms with Gasteiger partial charge in [-0.15, -0.1) is 0 Å². The van der Waals surface area contributed by atoms with Crippen molar-refractivity contribution in [3.8, 4) is 0 Å². The molecule has 3 aliphatic carbocycles. The third-order valence-corrected chi connectivity index (χ3v) is 10.6. The van der Waals surface area contributed by atoms with Crippen LogP contribution in [0.2, 0.25) is 5.02 Å².